The van der Waals surface area contributed by atoms with Crippen molar-refractivity contribution < 1.29 is 9.53 Å². The number of ether oxygens (including phenoxy) is 1. The van der Waals surface area contributed by atoms with Crippen LogP contribution in [-0.2, 0) is 9.53 Å². The Morgan fingerprint density at radius 3 is 2.07 bits per heavy atom. The van der Waals surface area contributed by atoms with Crippen molar-refractivity contribution in [3.63, 3.8) is 0 Å². The van der Waals surface area contributed by atoms with E-state index in [-0.39, 0.29) is 12.6 Å². The van der Waals surface area contributed by atoms with Crippen molar-refractivity contribution in [1.29, 1.82) is 0 Å². The van der Waals surface area contributed by atoms with Crippen LogP contribution in [0.5, 0.6) is 0 Å². The zero-order valence-corrected chi connectivity index (χ0v) is 9.50. The highest BCUT2D eigenvalue weighted by atomic mass is 16.5. The second kappa shape index (κ2) is 7.04. The zero-order chi connectivity index (χ0) is 11.7. The Morgan fingerprint density at radius 2 is 1.73 bits per heavy atom. The predicted octanol–water partition coefficient (Wildman–Crippen LogP) is 3.26. The molecule has 0 radical (unpaired) electrons. The molecule has 0 amide bonds. The van der Waals surface area contributed by atoms with Gasteiger partial charge in [-0.1, -0.05) is 31.7 Å². The van der Waals surface area contributed by atoms with Gasteiger partial charge in [-0.3, -0.25) is 4.79 Å². The molecule has 0 aliphatic carbocycles. The molecule has 0 aliphatic rings. The van der Waals surface area contributed by atoms with Crippen LogP contribution in [0.3, 0.4) is 0 Å². The van der Waals surface area contributed by atoms with Crippen LogP contribution < -0.4 is 0 Å². The van der Waals surface area contributed by atoms with Crippen LogP contribution in [0, 0.1) is 5.41 Å². The first-order chi connectivity index (χ1) is 7.16. The number of carbonyl (C=O) groups excluding carboxylic acids is 1. The molecule has 0 rings (SSSR count). The van der Waals surface area contributed by atoms with Crippen LogP contribution in [0.15, 0.2) is 38.0 Å². The molecule has 0 aromatic heterocycles. The largest absolute Gasteiger partial charge is 0.461 e. The van der Waals surface area contributed by atoms with Crippen molar-refractivity contribution in [3.05, 3.63) is 38.0 Å². The van der Waals surface area contributed by atoms with Crippen molar-refractivity contribution in [2.24, 2.45) is 5.41 Å². The van der Waals surface area contributed by atoms with Crippen LogP contribution in [0.25, 0.3) is 0 Å². The average Bonchev–Trinajstić information content (AvgIpc) is 2.25. The molecule has 0 bridgehead atoms. The Morgan fingerprint density at radius 1 is 1.20 bits per heavy atom. The Bertz CT molecular complexity index is 231. The molecule has 2 heteroatoms. The van der Waals surface area contributed by atoms with Gasteiger partial charge in [0.15, 0.2) is 0 Å². The molecule has 0 heterocycles. The molecule has 84 valence electrons. The topological polar surface area (TPSA) is 26.3 Å². The highest BCUT2D eigenvalue weighted by Gasteiger charge is 2.35. The van der Waals surface area contributed by atoms with Crippen molar-refractivity contribution in [3.8, 4) is 0 Å². The molecule has 0 fully saturated rings. The van der Waals surface area contributed by atoms with Gasteiger partial charge in [0, 0.05) is 0 Å². The van der Waals surface area contributed by atoms with Gasteiger partial charge in [-0.15, -0.1) is 13.2 Å². The summed E-state index contributed by atoms with van der Waals surface area (Å²) in [5.41, 5.74) is -0.494. The summed E-state index contributed by atoms with van der Waals surface area (Å²) in [5.74, 6) is -0.190. The van der Waals surface area contributed by atoms with Crippen molar-refractivity contribution in [2.75, 3.05) is 6.61 Å². The van der Waals surface area contributed by atoms with E-state index in [4.69, 9.17) is 4.74 Å². The number of hydrogen-bond donors (Lipinski definition) is 0. The highest BCUT2D eigenvalue weighted by Crippen LogP contribution is 2.33. The first-order valence-electron chi connectivity index (χ1n) is 5.16. The molecule has 0 aromatic carbocycles. The maximum atomic E-state index is 11.9. The van der Waals surface area contributed by atoms with Crippen LogP contribution in [0.1, 0.15) is 26.2 Å². The van der Waals surface area contributed by atoms with Gasteiger partial charge in [-0.05, 0) is 19.3 Å². The Kier molecular flexibility index (Phi) is 6.43. The van der Waals surface area contributed by atoms with Gasteiger partial charge in [-0.25, -0.2) is 0 Å². The third-order valence-electron chi connectivity index (χ3n) is 2.51. The maximum Gasteiger partial charge on any atom is 0.313 e. The summed E-state index contributed by atoms with van der Waals surface area (Å²) >= 11 is 0. The van der Waals surface area contributed by atoms with Gasteiger partial charge in [0.05, 0.1) is 5.41 Å². The molecule has 0 saturated carbocycles. The van der Waals surface area contributed by atoms with Crippen LogP contribution >= 0.6 is 0 Å². The van der Waals surface area contributed by atoms with E-state index in [1.54, 1.807) is 18.2 Å². The van der Waals surface area contributed by atoms with Crippen molar-refractivity contribution in [2.45, 2.75) is 26.2 Å². The Balaban J connectivity index is 4.69. The summed E-state index contributed by atoms with van der Waals surface area (Å²) in [6.07, 6.45) is 7.03. The average molecular weight is 208 g/mol. The standard InChI is InChI=1S/C13H20O2/c1-5-9-13(8-4,10-6-2)12(14)15-11-7-3/h5-7H,1-3,8-11H2,4H3. The van der Waals surface area contributed by atoms with Gasteiger partial charge < -0.3 is 4.74 Å². The van der Waals surface area contributed by atoms with Gasteiger partial charge in [0.25, 0.3) is 0 Å². The Labute approximate surface area is 92.3 Å². The van der Waals surface area contributed by atoms with Gasteiger partial charge in [0.2, 0.25) is 0 Å². The van der Waals surface area contributed by atoms with Crippen molar-refractivity contribution in [1.82, 2.24) is 0 Å². The minimum atomic E-state index is -0.494. The third kappa shape index (κ3) is 3.74. The monoisotopic (exact) mass is 208 g/mol. The minimum absolute atomic E-state index is 0.190. The molecule has 0 N–H and O–H groups in total. The lowest BCUT2D eigenvalue weighted by Gasteiger charge is -2.27. The highest BCUT2D eigenvalue weighted by molar-refractivity contribution is 5.77. The van der Waals surface area contributed by atoms with Crippen molar-refractivity contribution >= 4 is 5.97 Å². The van der Waals surface area contributed by atoms with Gasteiger partial charge >= 0.3 is 5.97 Å². The molecular weight excluding hydrogens is 188 g/mol. The summed E-state index contributed by atoms with van der Waals surface area (Å²) in [4.78, 5) is 11.9. The Hall–Kier alpha value is -1.31. The van der Waals surface area contributed by atoms with Gasteiger partial charge in [0.1, 0.15) is 6.61 Å². The minimum Gasteiger partial charge on any atom is -0.461 e. The second-order valence-electron chi connectivity index (χ2n) is 3.51. The van der Waals surface area contributed by atoms with E-state index in [0.29, 0.717) is 12.8 Å². The summed E-state index contributed by atoms with van der Waals surface area (Å²) in [7, 11) is 0. The third-order valence-corrected chi connectivity index (χ3v) is 2.51. The van der Waals surface area contributed by atoms with Crippen LogP contribution in [-0.4, -0.2) is 12.6 Å². The lowest BCUT2D eigenvalue weighted by molar-refractivity contribution is -0.154. The maximum absolute atomic E-state index is 11.9. The normalized spacial score (nSPS) is 10.5. The summed E-state index contributed by atoms with van der Waals surface area (Å²) in [5, 5.41) is 0. The van der Waals surface area contributed by atoms with Gasteiger partial charge in [-0.2, -0.15) is 0 Å². The molecule has 0 spiro atoms. The fourth-order valence-corrected chi connectivity index (χ4v) is 1.52. The van der Waals surface area contributed by atoms with E-state index in [2.05, 4.69) is 19.7 Å². The fourth-order valence-electron chi connectivity index (χ4n) is 1.52. The predicted molar refractivity (Wildman–Crippen MR) is 63.5 cm³/mol. The number of esters is 1. The number of rotatable bonds is 8. The number of hydrogen-bond acceptors (Lipinski definition) is 2. The van der Waals surface area contributed by atoms with Crippen LogP contribution in [0.2, 0.25) is 0 Å². The molecular formula is C13H20O2. The van der Waals surface area contributed by atoms with E-state index >= 15 is 0 Å². The fraction of sp³-hybridized carbons (Fsp3) is 0.462. The first kappa shape index (κ1) is 13.7. The SMILES string of the molecule is C=CCOC(=O)C(CC)(CC=C)CC=C. The lowest BCUT2D eigenvalue weighted by atomic mass is 9.78. The van der Waals surface area contributed by atoms with E-state index in [9.17, 15) is 4.79 Å². The van der Waals surface area contributed by atoms with E-state index < -0.39 is 5.41 Å². The lowest BCUT2D eigenvalue weighted by Crippen LogP contribution is -2.31. The smallest absolute Gasteiger partial charge is 0.313 e. The van der Waals surface area contributed by atoms with E-state index in [0.717, 1.165) is 6.42 Å². The molecule has 0 saturated heterocycles. The molecule has 0 aliphatic heterocycles. The summed E-state index contributed by atoms with van der Waals surface area (Å²) in [6.45, 7) is 13.1. The zero-order valence-electron chi connectivity index (χ0n) is 9.50. The second-order valence-corrected chi connectivity index (χ2v) is 3.51. The molecule has 2 nitrogen and oxygen atoms in total. The molecule has 15 heavy (non-hydrogen) atoms. The van der Waals surface area contributed by atoms with E-state index in [1.807, 2.05) is 6.92 Å². The van der Waals surface area contributed by atoms with Crippen LogP contribution in [0.4, 0.5) is 0 Å². The molecule has 0 unspecified atom stereocenters. The molecule has 0 aromatic rings. The summed E-state index contributed by atoms with van der Waals surface area (Å²) in [6, 6.07) is 0. The number of allylic oxidation sites excluding steroid dienone is 2. The summed E-state index contributed by atoms with van der Waals surface area (Å²) < 4.78 is 5.10. The van der Waals surface area contributed by atoms with E-state index in [1.165, 1.54) is 0 Å². The molecule has 0 atom stereocenters. The quantitative estimate of drug-likeness (QED) is 0.452. The number of carbonyl (C=O) groups is 1. The first-order valence-corrected chi connectivity index (χ1v) is 5.16.